The molecule has 1 aliphatic carbocycles. The highest BCUT2D eigenvalue weighted by Gasteiger charge is 2.26. The predicted molar refractivity (Wildman–Crippen MR) is 225 cm³/mol. The zero-order valence-electron chi connectivity index (χ0n) is 33.9. The molecular formula is C44H62N6O5S. The summed E-state index contributed by atoms with van der Waals surface area (Å²) in [6.45, 7) is 8.90. The van der Waals surface area contributed by atoms with Gasteiger partial charge in [0.2, 0.25) is 11.8 Å². The van der Waals surface area contributed by atoms with Crippen LogP contribution in [-0.2, 0) is 20.9 Å². The molecule has 56 heavy (non-hydrogen) atoms. The lowest BCUT2D eigenvalue weighted by atomic mass is 10.0. The number of thiophene rings is 1. The summed E-state index contributed by atoms with van der Waals surface area (Å²) in [6, 6.07) is 21.8. The van der Waals surface area contributed by atoms with Gasteiger partial charge in [0.15, 0.2) is 0 Å². The van der Waals surface area contributed by atoms with Gasteiger partial charge in [-0.3, -0.25) is 24.6 Å². The standard InChI is InChI=1S/C44H62N6O5S/c1-34(51)46(2)25-13-26-48(4)43(53)41-22-21-38(56-41)33-50(32-35-19-20-35)27-12-6-9-18-42(52)47(3)30-31-49-28-23-37(24-29-49)55-44(54)45-40-17-11-10-16-39(40)36-14-7-5-8-15-36/h5,7-8,10-11,14-17,21-22,35,37H,6,9,12-13,18-20,23-33H2,1-4H3,(H,45,54). The number of hydrogen-bond donors (Lipinski definition) is 1. The lowest BCUT2D eigenvalue weighted by Gasteiger charge is -2.32. The van der Waals surface area contributed by atoms with Gasteiger partial charge in [0.1, 0.15) is 6.10 Å². The third kappa shape index (κ3) is 14.0. The van der Waals surface area contributed by atoms with E-state index in [2.05, 4.69) is 21.2 Å². The molecule has 12 heteroatoms. The molecule has 1 N–H and O–H groups in total. The summed E-state index contributed by atoms with van der Waals surface area (Å²) in [5, 5.41) is 2.95. The van der Waals surface area contributed by atoms with E-state index in [0.29, 0.717) is 26.1 Å². The Labute approximate surface area is 338 Å². The van der Waals surface area contributed by atoms with Crippen LogP contribution in [-0.4, -0.2) is 128 Å². The third-order valence-corrected chi connectivity index (χ3v) is 12.0. The van der Waals surface area contributed by atoms with Crippen LogP contribution in [0, 0.1) is 5.92 Å². The van der Waals surface area contributed by atoms with Gasteiger partial charge in [-0.25, -0.2) is 4.79 Å². The fraction of sp³-hybridized carbons (Fsp3) is 0.545. The van der Waals surface area contributed by atoms with Gasteiger partial charge >= 0.3 is 6.09 Å². The van der Waals surface area contributed by atoms with E-state index < -0.39 is 6.09 Å². The normalized spacial score (nSPS) is 14.7. The monoisotopic (exact) mass is 786 g/mol. The molecule has 3 aromatic rings. The van der Waals surface area contributed by atoms with Gasteiger partial charge < -0.3 is 24.3 Å². The Balaban J connectivity index is 0.939. The molecule has 304 valence electrons. The van der Waals surface area contributed by atoms with Crippen molar-refractivity contribution in [1.82, 2.24) is 24.5 Å². The molecule has 11 nitrogen and oxygen atoms in total. The first-order valence-electron chi connectivity index (χ1n) is 20.4. The van der Waals surface area contributed by atoms with Crippen LogP contribution in [0.2, 0.25) is 0 Å². The lowest BCUT2D eigenvalue weighted by molar-refractivity contribution is -0.130. The zero-order valence-corrected chi connectivity index (χ0v) is 34.7. The second kappa shape index (κ2) is 21.9. The molecule has 2 aromatic carbocycles. The number of hydrogen-bond acceptors (Lipinski definition) is 8. The quantitative estimate of drug-likeness (QED) is 0.113. The van der Waals surface area contributed by atoms with Crippen LogP contribution in [0.4, 0.5) is 10.5 Å². The molecule has 4 amide bonds. The molecular weight excluding hydrogens is 725 g/mol. The molecule has 2 fully saturated rings. The van der Waals surface area contributed by atoms with Crippen molar-refractivity contribution in [3.8, 4) is 11.1 Å². The average molecular weight is 787 g/mol. The zero-order chi connectivity index (χ0) is 39.9. The summed E-state index contributed by atoms with van der Waals surface area (Å²) in [6.07, 6.45) is 7.83. The number of anilines is 1. The summed E-state index contributed by atoms with van der Waals surface area (Å²) >= 11 is 1.58. The lowest BCUT2D eigenvalue weighted by Crippen LogP contribution is -2.42. The van der Waals surface area contributed by atoms with Gasteiger partial charge in [0.05, 0.1) is 10.6 Å². The van der Waals surface area contributed by atoms with Crippen LogP contribution in [0.3, 0.4) is 0 Å². The maximum atomic E-state index is 13.0. The van der Waals surface area contributed by atoms with Crippen molar-refractivity contribution >= 4 is 40.8 Å². The van der Waals surface area contributed by atoms with Gasteiger partial charge in [0.25, 0.3) is 5.91 Å². The number of likely N-dealkylation sites (N-methyl/N-ethyl adjacent to an activating group) is 1. The number of amides is 4. The van der Waals surface area contributed by atoms with Gasteiger partial charge in [-0.1, -0.05) is 55.0 Å². The van der Waals surface area contributed by atoms with E-state index in [4.69, 9.17) is 4.74 Å². The van der Waals surface area contributed by atoms with E-state index in [9.17, 15) is 19.2 Å². The first-order chi connectivity index (χ1) is 27.0. The first-order valence-corrected chi connectivity index (χ1v) is 21.2. The Bertz CT molecular complexity index is 1710. The van der Waals surface area contributed by atoms with Crippen LogP contribution in [0.25, 0.3) is 11.1 Å². The second-order valence-electron chi connectivity index (χ2n) is 15.6. The minimum Gasteiger partial charge on any atom is -0.446 e. The van der Waals surface area contributed by atoms with Crippen LogP contribution in [0.1, 0.15) is 79.3 Å². The van der Waals surface area contributed by atoms with Crippen LogP contribution >= 0.6 is 11.3 Å². The highest BCUT2D eigenvalue weighted by molar-refractivity contribution is 7.14. The molecule has 1 saturated carbocycles. The van der Waals surface area contributed by atoms with E-state index in [1.807, 2.05) is 79.7 Å². The Morgan fingerprint density at radius 3 is 2.21 bits per heavy atom. The number of benzene rings is 2. The number of rotatable bonds is 21. The van der Waals surface area contributed by atoms with Crippen LogP contribution in [0.15, 0.2) is 66.7 Å². The van der Waals surface area contributed by atoms with Crippen molar-refractivity contribution in [2.24, 2.45) is 5.92 Å². The van der Waals surface area contributed by atoms with Crippen molar-refractivity contribution < 1.29 is 23.9 Å². The number of likely N-dealkylation sites (tertiary alicyclic amines) is 1. The molecule has 1 aromatic heterocycles. The topological polar surface area (TPSA) is 106 Å². The van der Waals surface area contributed by atoms with Crippen molar-refractivity contribution in [3.05, 3.63) is 76.5 Å². The Kier molecular flexibility index (Phi) is 16.8. The number of piperidine rings is 1. The number of nitrogens with zero attached hydrogens (tertiary/aromatic N) is 5. The van der Waals surface area contributed by atoms with Crippen molar-refractivity contribution in [1.29, 1.82) is 0 Å². The van der Waals surface area contributed by atoms with Crippen LogP contribution in [0.5, 0.6) is 0 Å². The second-order valence-corrected chi connectivity index (χ2v) is 16.7. The summed E-state index contributed by atoms with van der Waals surface area (Å²) in [5.41, 5.74) is 2.73. The Morgan fingerprint density at radius 1 is 0.768 bits per heavy atom. The maximum Gasteiger partial charge on any atom is 0.411 e. The molecule has 0 unspecified atom stereocenters. The van der Waals surface area contributed by atoms with E-state index in [-0.39, 0.29) is 23.8 Å². The molecule has 0 spiro atoms. The predicted octanol–water partition coefficient (Wildman–Crippen LogP) is 7.30. The van der Waals surface area contributed by atoms with Gasteiger partial charge in [-0.05, 0) is 81.2 Å². The van der Waals surface area contributed by atoms with Gasteiger partial charge in [-0.15, -0.1) is 11.3 Å². The van der Waals surface area contributed by atoms with E-state index in [1.165, 1.54) is 17.7 Å². The molecule has 1 saturated heterocycles. The minimum atomic E-state index is -0.426. The summed E-state index contributed by atoms with van der Waals surface area (Å²) in [4.78, 5) is 62.4. The maximum absolute atomic E-state index is 13.0. The average Bonchev–Trinajstić information content (AvgIpc) is 3.90. The highest BCUT2D eigenvalue weighted by Crippen LogP contribution is 2.31. The smallest absolute Gasteiger partial charge is 0.411 e. The number of nitrogens with one attached hydrogen (secondary N) is 1. The van der Waals surface area contributed by atoms with Crippen molar-refractivity contribution in [2.75, 3.05) is 78.8 Å². The molecule has 2 heterocycles. The molecule has 0 atom stereocenters. The number of ether oxygens (including phenoxy) is 1. The first kappa shape index (κ1) is 42.9. The molecule has 1 aliphatic heterocycles. The largest absolute Gasteiger partial charge is 0.446 e. The van der Waals surface area contributed by atoms with Crippen LogP contribution < -0.4 is 5.32 Å². The van der Waals surface area contributed by atoms with Crippen molar-refractivity contribution in [2.45, 2.75) is 77.4 Å². The van der Waals surface area contributed by atoms with E-state index in [1.54, 1.807) is 35.1 Å². The van der Waals surface area contributed by atoms with Gasteiger partial charge in [-0.2, -0.15) is 0 Å². The highest BCUT2D eigenvalue weighted by atomic mass is 32.1. The number of unbranched alkanes of at least 4 members (excludes halogenated alkanes) is 2. The molecule has 0 bridgehead atoms. The fourth-order valence-electron chi connectivity index (χ4n) is 7.09. The van der Waals surface area contributed by atoms with E-state index >= 15 is 0 Å². The number of para-hydroxylation sites is 1. The Morgan fingerprint density at radius 2 is 1.48 bits per heavy atom. The van der Waals surface area contributed by atoms with E-state index in [0.717, 1.165) is 105 Å². The number of carbonyl (C=O) groups is 4. The summed E-state index contributed by atoms with van der Waals surface area (Å²) < 4.78 is 5.80. The minimum absolute atomic E-state index is 0.0352. The number of carbonyl (C=O) groups excluding carboxylic acids is 4. The molecule has 5 rings (SSSR count). The molecule has 0 radical (unpaired) electrons. The van der Waals surface area contributed by atoms with Crippen molar-refractivity contribution in [3.63, 3.8) is 0 Å². The summed E-state index contributed by atoms with van der Waals surface area (Å²) in [5.74, 6) is 1.04. The SMILES string of the molecule is CC(=O)N(C)CCCN(C)C(=O)c1ccc(CN(CCCCCC(=O)N(C)CCN2CCC(OC(=O)Nc3ccccc3-c3ccccc3)CC2)CC2CC2)s1. The third-order valence-electron chi connectivity index (χ3n) is 10.9. The molecule has 2 aliphatic rings. The summed E-state index contributed by atoms with van der Waals surface area (Å²) in [7, 11) is 5.51. The Hall–Kier alpha value is -4.26. The van der Waals surface area contributed by atoms with Gasteiger partial charge in [0, 0.05) is 97.3 Å². The fourth-order valence-corrected chi connectivity index (χ4v) is 8.13.